The van der Waals surface area contributed by atoms with E-state index in [-0.39, 0.29) is 12.7 Å². The molecule has 0 spiro atoms. The lowest BCUT2D eigenvalue weighted by molar-refractivity contribution is -0.310. The quantitative estimate of drug-likeness (QED) is 0.544. The van der Waals surface area contributed by atoms with E-state index < -0.39 is 5.97 Å². The zero-order valence-corrected chi connectivity index (χ0v) is 5.84. The van der Waals surface area contributed by atoms with E-state index in [4.69, 9.17) is 4.74 Å². The highest BCUT2D eigenvalue weighted by Crippen LogP contribution is 2.20. The molecule has 0 aliphatic heterocycles. The zero-order chi connectivity index (χ0) is 7.40. The van der Waals surface area contributed by atoms with E-state index in [1.165, 1.54) is 0 Å². The molecule has 58 valence electrons. The first-order chi connectivity index (χ1) is 4.79. The largest absolute Gasteiger partial charge is 0.548 e. The van der Waals surface area contributed by atoms with Crippen LogP contribution in [0.1, 0.15) is 25.7 Å². The molecule has 0 aromatic carbocycles. The van der Waals surface area contributed by atoms with Crippen LogP contribution in [0, 0.1) is 0 Å². The lowest BCUT2D eigenvalue weighted by Gasteiger charge is -2.10. The molecule has 0 bridgehead atoms. The van der Waals surface area contributed by atoms with Crippen molar-refractivity contribution in [3.05, 3.63) is 0 Å². The molecular weight excluding hydrogens is 132 g/mol. The molecule has 0 N–H and O–H groups in total. The Kier molecular flexibility index (Phi) is 2.68. The van der Waals surface area contributed by atoms with Crippen LogP contribution in [-0.4, -0.2) is 18.7 Å². The molecule has 1 saturated carbocycles. The van der Waals surface area contributed by atoms with Crippen molar-refractivity contribution in [3.63, 3.8) is 0 Å². The van der Waals surface area contributed by atoms with Gasteiger partial charge in [0.05, 0.1) is 18.7 Å². The maximum absolute atomic E-state index is 9.92. The highest BCUT2D eigenvalue weighted by Gasteiger charge is 2.14. The van der Waals surface area contributed by atoms with Crippen molar-refractivity contribution in [1.29, 1.82) is 0 Å². The summed E-state index contributed by atoms with van der Waals surface area (Å²) in [7, 11) is 0. The first kappa shape index (κ1) is 7.54. The predicted molar refractivity (Wildman–Crippen MR) is 33.2 cm³/mol. The van der Waals surface area contributed by atoms with Gasteiger partial charge in [-0.2, -0.15) is 0 Å². The van der Waals surface area contributed by atoms with Crippen molar-refractivity contribution in [2.75, 3.05) is 6.61 Å². The van der Waals surface area contributed by atoms with Crippen LogP contribution in [0.3, 0.4) is 0 Å². The van der Waals surface area contributed by atoms with Gasteiger partial charge in [-0.15, -0.1) is 0 Å². The fourth-order valence-corrected chi connectivity index (χ4v) is 1.24. The Bertz CT molecular complexity index is 116. The summed E-state index contributed by atoms with van der Waals surface area (Å²) in [5.41, 5.74) is 0. The van der Waals surface area contributed by atoms with Crippen LogP contribution < -0.4 is 5.11 Å². The molecule has 10 heavy (non-hydrogen) atoms. The molecule has 0 aromatic rings. The lowest BCUT2D eigenvalue weighted by atomic mass is 10.3. The first-order valence-electron chi connectivity index (χ1n) is 3.60. The fourth-order valence-electron chi connectivity index (χ4n) is 1.24. The van der Waals surface area contributed by atoms with Crippen LogP contribution in [-0.2, 0) is 9.53 Å². The molecule has 3 heteroatoms. The summed E-state index contributed by atoms with van der Waals surface area (Å²) in [5.74, 6) is -1.12. The molecule has 0 radical (unpaired) electrons. The summed E-state index contributed by atoms with van der Waals surface area (Å²) >= 11 is 0. The van der Waals surface area contributed by atoms with Crippen molar-refractivity contribution in [3.8, 4) is 0 Å². The highest BCUT2D eigenvalue weighted by molar-refractivity contribution is 5.65. The van der Waals surface area contributed by atoms with Gasteiger partial charge in [-0.1, -0.05) is 12.8 Å². The molecule has 0 aromatic heterocycles. The van der Waals surface area contributed by atoms with Crippen LogP contribution >= 0.6 is 0 Å². The van der Waals surface area contributed by atoms with Crippen molar-refractivity contribution in [1.82, 2.24) is 0 Å². The van der Waals surface area contributed by atoms with Gasteiger partial charge in [0.1, 0.15) is 0 Å². The van der Waals surface area contributed by atoms with Gasteiger partial charge in [0, 0.05) is 0 Å². The fraction of sp³-hybridized carbons (Fsp3) is 0.857. The first-order valence-corrected chi connectivity index (χ1v) is 3.60. The Labute approximate surface area is 60.0 Å². The molecule has 1 aliphatic rings. The van der Waals surface area contributed by atoms with Gasteiger partial charge in [0.25, 0.3) is 0 Å². The topological polar surface area (TPSA) is 49.4 Å². The number of ether oxygens (including phenoxy) is 1. The van der Waals surface area contributed by atoms with E-state index in [2.05, 4.69) is 0 Å². The van der Waals surface area contributed by atoms with Crippen LogP contribution in [0.2, 0.25) is 0 Å². The third kappa shape index (κ3) is 2.35. The summed E-state index contributed by atoms with van der Waals surface area (Å²) in [6.07, 6.45) is 4.52. The minimum Gasteiger partial charge on any atom is -0.548 e. The van der Waals surface area contributed by atoms with Crippen LogP contribution in [0.4, 0.5) is 0 Å². The Hall–Kier alpha value is -0.570. The summed E-state index contributed by atoms with van der Waals surface area (Å²) in [6.45, 7) is -0.245. The zero-order valence-electron chi connectivity index (χ0n) is 5.84. The Balaban J connectivity index is 2.07. The number of hydrogen-bond acceptors (Lipinski definition) is 3. The molecule has 1 aliphatic carbocycles. The van der Waals surface area contributed by atoms with E-state index >= 15 is 0 Å². The molecular formula is C7H11O3-. The second-order valence-corrected chi connectivity index (χ2v) is 2.59. The third-order valence-electron chi connectivity index (χ3n) is 1.74. The minimum absolute atomic E-state index is 0.179. The Morgan fingerprint density at radius 3 is 2.60 bits per heavy atom. The monoisotopic (exact) mass is 143 g/mol. The maximum atomic E-state index is 9.92. The number of hydrogen-bond donors (Lipinski definition) is 0. The molecule has 0 atom stereocenters. The van der Waals surface area contributed by atoms with Crippen LogP contribution in [0.25, 0.3) is 0 Å². The number of aliphatic carboxylic acids is 1. The maximum Gasteiger partial charge on any atom is 0.0864 e. The predicted octanol–water partition coefficient (Wildman–Crippen LogP) is -0.305. The number of carbonyl (C=O) groups is 1. The Morgan fingerprint density at radius 2 is 2.10 bits per heavy atom. The summed E-state index contributed by atoms with van der Waals surface area (Å²) < 4.78 is 5.00. The van der Waals surface area contributed by atoms with Gasteiger partial charge in [-0.3, -0.25) is 0 Å². The van der Waals surface area contributed by atoms with Crippen molar-refractivity contribution in [2.45, 2.75) is 31.8 Å². The van der Waals surface area contributed by atoms with Crippen molar-refractivity contribution < 1.29 is 14.6 Å². The lowest BCUT2D eigenvalue weighted by Crippen LogP contribution is -2.29. The average Bonchev–Trinajstić information content (AvgIpc) is 2.34. The number of carbonyl (C=O) groups excluding carboxylic acids is 1. The van der Waals surface area contributed by atoms with Gasteiger partial charge in [0.2, 0.25) is 0 Å². The Morgan fingerprint density at radius 1 is 1.50 bits per heavy atom. The van der Waals surface area contributed by atoms with Gasteiger partial charge in [-0.05, 0) is 12.8 Å². The molecule has 1 fully saturated rings. The summed E-state index contributed by atoms with van der Waals surface area (Å²) in [4.78, 5) is 9.92. The van der Waals surface area contributed by atoms with E-state index in [1.807, 2.05) is 0 Å². The number of rotatable bonds is 3. The van der Waals surface area contributed by atoms with E-state index in [1.54, 1.807) is 0 Å². The molecule has 0 unspecified atom stereocenters. The number of carboxylic acid groups (broad SMARTS) is 1. The second kappa shape index (κ2) is 3.56. The average molecular weight is 143 g/mol. The van der Waals surface area contributed by atoms with E-state index in [0.29, 0.717) is 0 Å². The van der Waals surface area contributed by atoms with Gasteiger partial charge >= 0.3 is 0 Å². The SMILES string of the molecule is O=C([O-])COC1CCCC1. The van der Waals surface area contributed by atoms with E-state index in [0.717, 1.165) is 25.7 Å². The van der Waals surface area contributed by atoms with Gasteiger partial charge in [-0.25, -0.2) is 0 Å². The second-order valence-electron chi connectivity index (χ2n) is 2.59. The molecule has 0 saturated heterocycles. The van der Waals surface area contributed by atoms with Crippen LogP contribution in [0.5, 0.6) is 0 Å². The molecule has 1 rings (SSSR count). The third-order valence-corrected chi connectivity index (χ3v) is 1.74. The van der Waals surface area contributed by atoms with Crippen molar-refractivity contribution >= 4 is 5.97 Å². The van der Waals surface area contributed by atoms with Gasteiger partial charge < -0.3 is 14.6 Å². The van der Waals surface area contributed by atoms with Crippen LogP contribution in [0.15, 0.2) is 0 Å². The smallest absolute Gasteiger partial charge is 0.0864 e. The summed E-state index contributed by atoms with van der Waals surface area (Å²) in [6, 6.07) is 0. The highest BCUT2D eigenvalue weighted by atomic mass is 16.5. The molecule has 3 nitrogen and oxygen atoms in total. The standard InChI is InChI=1S/C7H12O3/c8-7(9)5-10-6-3-1-2-4-6/h6H,1-5H2,(H,8,9)/p-1. The van der Waals surface area contributed by atoms with Crippen molar-refractivity contribution in [2.24, 2.45) is 0 Å². The molecule has 0 amide bonds. The minimum atomic E-state index is -1.12. The molecule has 0 heterocycles. The normalized spacial score (nSPS) is 19.6. The number of carboxylic acids is 1. The van der Waals surface area contributed by atoms with Gasteiger partial charge in [0.15, 0.2) is 0 Å². The summed E-state index contributed by atoms with van der Waals surface area (Å²) in [5, 5.41) is 9.92. The van der Waals surface area contributed by atoms with E-state index in [9.17, 15) is 9.90 Å².